The monoisotopic (exact) mass is 290 g/mol. The van der Waals surface area contributed by atoms with E-state index < -0.39 is 30.8 Å². The zero-order valence-electron chi connectivity index (χ0n) is 5.94. The van der Waals surface area contributed by atoms with Gasteiger partial charge in [0.25, 0.3) is 0 Å². The molecule has 0 aromatic carbocycles. The average molecular weight is 290 g/mol. The fraction of sp³-hybridized carbons (Fsp3) is 0.429. The van der Waals surface area contributed by atoms with Crippen molar-refractivity contribution in [2.24, 2.45) is 0 Å². The Balaban J connectivity index is 2.66. The molecule has 1 atom stereocenters. The van der Waals surface area contributed by atoms with Crippen LogP contribution in [0.15, 0.2) is 11.6 Å². The fourth-order valence-corrected chi connectivity index (χ4v) is 2.97. The van der Waals surface area contributed by atoms with Gasteiger partial charge in [0.15, 0.2) is 0 Å². The minimum absolute atomic E-state index is 0.0264. The summed E-state index contributed by atoms with van der Waals surface area (Å²) < 4.78 is 36.4. The zero-order chi connectivity index (χ0) is 9.19. The number of halogens is 4. The molecule has 1 rings (SSSR count). The standard InChI is InChI=1S/C7H6F3IO/c8-7(9,10)6-2-1-5(4-12)3-11-6/h1,3-4,6H,2H2. The molecule has 1 aliphatic rings. The SMILES string of the molecule is O=CC1=CCC(C(F)(F)F)I=C1. The van der Waals surface area contributed by atoms with Crippen molar-refractivity contribution in [1.29, 1.82) is 0 Å². The van der Waals surface area contributed by atoms with E-state index in [2.05, 4.69) is 0 Å². The highest BCUT2D eigenvalue weighted by atomic mass is 127. The van der Waals surface area contributed by atoms with E-state index in [9.17, 15) is 18.0 Å². The first-order valence-electron chi connectivity index (χ1n) is 3.21. The van der Waals surface area contributed by atoms with Gasteiger partial charge in [-0.2, -0.15) is 13.2 Å². The molecule has 5 heteroatoms. The molecule has 0 saturated carbocycles. The van der Waals surface area contributed by atoms with Crippen LogP contribution in [0.2, 0.25) is 0 Å². The Morgan fingerprint density at radius 3 is 2.58 bits per heavy atom. The molecule has 0 N–H and O–H groups in total. The highest BCUT2D eigenvalue weighted by molar-refractivity contribution is 14.2. The molecule has 0 aromatic rings. The number of alkyl halides is 4. The maximum absolute atomic E-state index is 12.1. The summed E-state index contributed by atoms with van der Waals surface area (Å²) >= 11 is -1.04. The molecular formula is C7H6F3IO. The van der Waals surface area contributed by atoms with Crippen molar-refractivity contribution in [3.63, 3.8) is 0 Å². The van der Waals surface area contributed by atoms with E-state index in [1.807, 2.05) is 0 Å². The maximum atomic E-state index is 12.1. The molecule has 0 spiro atoms. The first-order valence-corrected chi connectivity index (χ1v) is 5.70. The second kappa shape index (κ2) is 3.67. The van der Waals surface area contributed by atoms with Crippen molar-refractivity contribution < 1.29 is 18.0 Å². The van der Waals surface area contributed by atoms with Gasteiger partial charge in [-0.15, -0.1) is 20.7 Å². The van der Waals surface area contributed by atoms with Gasteiger partial charge in [0.2, 0.25) is 0 Å². The molecule has 0 radical (unpaired) electrons. The number of carbonyl (C=O) groups is 1. The van der Waals surface area contributed by atoms with E-state index in [1.165, 1.54) is 10.1 Å². The summed E-state index contributed by atoms with van der Waals surface area (Å²) in [4.78, 5) is 10.2. The van der Waals surface area contributed by atoms with Gasteiger partial charge < -0.3 is 0 Å². The Morgan fingerprint density at radius 1 is 1.58 bits per heavy atom. The van der Waals surface area contributed by atoms with Crippen LogP contribution in [0.5, 0.6) is 0 Å². The van der Waals surface area contributed by atoms with Crippen LogP contribution in [-0.2, 0) is 4.79 Å². The van der Waals surface area contributed by atoms with E-state index >= 15 is 0 Å². The van der Waals surface area contributed by atoms with Crippen molar-refractivity contribution in [3.05, 3.63) is 11.6 Å². The van der Waals surface area contributed by atoms with E-state index in [0.717, 1.165) is 0 Å². The average Bonchev–Trinajstić information content (AvgIpc) is 2.03. The van der Waals surface area contributed by atoms with E-state index in [4.69, 9.17) is 0 Å². The highest BCUT2D eigenvalue weighted by Gasteiger charge is 2.38. The molecule has 0 fully saturated rings. The minimum Gasteiger partial charge on any atom is -0.298 e. The molecule has 0 amide bonds. The van der Waals surface area contributed by atoms with Crippen molar-refractivity contribution in [3.8, 4) is 0 Å². The minimum atomic E-state index is -4.09. The largest absolute Gasteiger partial charge is 0.400 e. The van der Waals surface area contributed by atoms with E-state index in [1.54, 1.807) is 0 Å². The molecule has 12 heavy (non-hydrogen) atoms. The molecule has 68 valence electrons. The lowest BCUT2D eigenvalue weighted by Crippen LogP contribution is -2.24. The lowest BCUT2D eigenvalue weighted by molar-refractivity contribution is -0.124. The number of rotatable bonds is 1. The third-order valence-corrected chi connectivity index (χ3v) is 4.55. The zero-order valence-corrected chi connectivity index (χ0v) is 8.09. The fourth-order valence-electron chi connectivity index (χ4n) is 0.763. The maximum Gasteiger partial charge on any atom is 0.400 e. The van der Waals surface area contributed by atoms with Crippen molar-refractivity contribution in [2.45, 2.75) is 16.5 Å². The molecule has 0 aliphatic carbocycles. The Bertz CT molecular complexity index is 242. The lowest BCUT2D eigenvalue weighted by atomic mass is 10.2. The number of carbonyl (C=O) groups excluding carboxylic acids is 1. The smallest absolute Gasteiger partial charge is 0.298 e. The second-order valence-electron chi connectivity index (χ2n) is 2.30. The van der Waals surface area contributed by atoms with Crippen LogP contribution in [-0.4, -0.2) is 20.4 Å². The second-order valence-corrected chi connectivity index (χ2v) is 5.15. The van der Waals surface area contributed by atoms with Crippen LogP contribution in [0.25, 0.3) is 0 Å². The quantitative estimate of drug-likeness (QED) is 0.411. The third-order valence-electron chi connectivity index (χ3n) is 1.39. The Labute approximate surface area is 77.4 Å². The third kappa shape index (κ3) is 2.40. The van der Waals surface area contributed by atoms with Crippen LogP contribution in [0.1, 0.15) is 6.42 Å². The topological polar surface area (TPSA) is 17.1 Å². The van der Waals surface area contributed by atoms with Gasteiger partial charge in [-0.05, 0) is 10.4 Å². The molecule has 1 unspecified atom stereocenters. The summed E-state index contributed by atoms with van der Waals surface area (Å²) in [5, 5.41) is 0. The van der Waals surface area contributed by atoms with E-state index in [0.29, 0.717) is 11.9 Å². The number of aldehydes is 1. The molecule has 0 aromatic heterocycles. The van der Waals surface area contributed by atoms with Crippen LogP contribution >= 0.6 is 20.7 Å². The molecule has 1 aliphatic heterocycles. The summed E-state index contributed by atoms with van der Waals surface area (Å²) in [5.74, 6) is 0. The summed E-state index contributed by atoms with van der Waals surface area (Å²) in [6.07, 6.45) is -2.16. The van der Waals surface area contributed by atoms with E-state index in [-0.39, 0.29) is 6.42 Å². The van der Waals surface area contributed by atoms with Crippen LogP contribution in [0, 0.1) is 0 Å². The summed E-state index contributed by atoms with van der Waals surface area (Å²) in [5.41, 5.74) is 0.420. The Morgan fingerprint density at radius 2 is 2.25 bits per heavy atom. The van der Waals surface area contributed by atoms with Gasteiger partial charge in [-0.25, -0.2) is 0 Å². The van der Waals surface area contributed by atoms with Crippen LogP contribution in [0.4, 0.5) is 13.2 Å². The summed E-state index contributed by atoms with van der Waals surface area (Å²) in [6, 6.07) is 0. The van der Waals surface area contributed by atoms with Gasteiger partial charge >= 0.3 is 6.18 Å². The van der Waals surface area contributed by atoms with Crippen molar-refractivity contribution >= 4 is 31.0 Å². The van der Waals surface area contributed by atoms with Crippen molar-refractivity contribution in [2.75, 3.05) is 0 Å². The van der Waals surface area contributed by atoms with Gasteiger partial charge in [0.05, 0.1) is 0 Å². The molecular weight excluding hydrogens is 284 g/mol. The van der Waals surface area contributed by atoms with Gasteiger partial charge in [0, 0.05) is 5.57 Å². The molecule has 0 saturated heterocycles. The molecule has 1 heterocycles. The van der Waals surface area contributed by atoms with Gasteiger partial charge in [0.1, 0.15) is 10.2 Å². The first kappa shape index (κ1) is 9.88. The van der Waals surface area contributed by atoms with Crippen molar-refractivity contribution in [1.82, 2.24) is 0 Å². The number of allylic oxidation sites excluding steroid dienone is 2. The summed E-state index contributed by atoms with van der Waals surface area (Å²) in [7, 11) is 0. The highest BCUT2D eigenvalue weighted by Crippen LogP contribution is 2.34. The Kier molecular flexibility index (Phi) is 3.03. The number of hydrogen-bond acceptors (Lipinski definition) is 1. The molecule has 1 nitrogen and oxygen atoms in total. The first-order chi connectivity index (χ1) is 5.54. The number of hydrogen-bond donors (Lipinski definition) is 0. The van der Waals surface area contributed by atoms with Gasteiger partial charge in [-0.3, -0.25) is 4.79 Å². The molecule has 0 bridgehead atoms. The Hall–Kier alpha value is -0.200. The van der Waals surface area contributed by atoms with Crippen LogP contribution < -0.4 is 0 Å². The van der Waals surface area contributed by atoms with Crippen LogP contribution in [0.3, 0.4) is 0 Å². The lowest BCUT2D eigenvalue weighted by Gasteiger charge is -2.16. The van der Waals surface area contributed by atoms with Gasteiger partial charge in [-0.1, -0.05) is 6.08 Å². The summed E-state index contributed by atoms with van der Waals surface area (Å²) in [6.45, 7) is 0. The predicted molar refractivity (Wildman–Crippen MR) is 48.7 cm³/mol. The normalized spacial score (nSPS) is 24.2. The predicted octanol–water partition coefficient (Wildman–Crippen LogP) is 2.22.